The maximum absolute atomic E-state index is 12.0. The Kier molecular flexibility index (Phi) is 7.32. The smallest absolute Gasteiger partial charge is 0.270 e. The fraction of sp³-hybridized carbons (Fsp3) is 0.533. The number of nitrogens with zero attached hydrogens (tertiary/aromatic N) is 1. The third kappa shape index (κ3) is 4.99. The van der Waals surface area contributed by atoms with Gasteiger partial charge in [-0.2, -0.15) is 0 Å². The molecular weight excluding hydrogens is 254 g/mol. The Morgan fingerprint density at radius 1 is 1.05 bits per heavy atom. The quantitative estimate of drug-likeness (QED) is 0.715. The topological polar surface area (TPSA) is 71.1 Å². The predicted molar refractivity (Wildman–Crippen MR) is 78.7 cm³/mol. The highest BCUT2D eigenvalue weighted by Crippen LogP contribution is 2.05. The molecule has 0 aliphatic heterocycles. The van der Waals surface area contributed by atoms with Gasteiger partial charge in [0.2, 0.25) is 0 Å². The van der Waals surface area contributed by atoms with Crippen LogP contribution in [0.15, 0.2) is 18.3 Å². The minimum Gasteiger partial charge on any atom is -0.352 e. The monoisotopic (exact) mass is 277 g/mol. The van der Waals surface area contributed by atoms with Gasteiger partial charge in [-0.25, -0.2) is 0 Å². The van der Waals surface area contributed by atoms with Crippen LogP contribution in [0.25, 0.3) is 0 Å². The normalized spacial score (nSPS) is 10.1. The first kappa shape index (κ1) is 16.1. The number of amides is 2. The molecule has 0 bridgehead atoms. The van der Waals surface area contributed by atoms with Crippen molar-refractivity contribution >= 4 is 11.8 Å². The SMILES string of the molecule is CCCCNC(=O)c1cccnc1C(=O)NCCCC. The second-order valence-corrected chi connectivity index (χ2v) is 4.62. The highest BCUT2D eigenvalue weighted by Gasteiger charge is 2.17. The molecule has 20 heavy (non-hydrogen) atoms. The van der Waals surface area contributed by atoms with Crippen LogP contribution in [0.5, 0.6) is 0 Å². The maximum atomic E-state index is 12.0. The summed E-state index contributed by atoms with van der Waals surface area (Å²) in [5.41, 5.74) is 0.523. The number of hydrogen-bond donors (Lipinski definition) is 2. The van der Waals surface area contributed by atoms with Crippen molar-refractivity contribution in [2.75, 3.05) is 13.1 Å². The lowest BCUT2D eigenvalue weighted by Gasteiger charge is -2.09. The summed E-state index contributed by atoms with van der Waals surface area (Å²) < 4.78 is 0. The zero-order valence-corrected chi connectivity index (χ0v) is 12.2. The van der Waals surface area contributed by atoms with Crippen molar-refractivity contribution in [2.45, 2.75) is 39.5 Å². The molecule has 0 unspecified atom stereocenters. The first-order valence-corrected chi connectivity index (χ1v) is 7.22. The van der Waals surface area contributed by atoms with Gasteiger partial charge in [0.15, 0.2) is 0 Å². The molecule has 0 atom stereocenters. The Morgan fingerprint density at radius 3 is 2.25 bits per heavy atom. The summed E-state index contributed by atoms with van der Waals surface area (Å²) in [5.74, 6) is -0.535. The van der Waals surface area contributed by atoms with E-state index in [4.69, 9.17) is 0 Å². The van der Waals surface area contributed by atoms with Gasteiger partial charge in [0, 0.05) is 19.3 Å². The first-order valence-electron chi connectivity index (χ1n) is 7.22. The van der Waals surface area contributed by atoms with Gasteiger partial charge < -0.3 is 10.6 Å². The molecule has 5 heteroatoms. The minimum atomic E-state index is -0.292. The number of aromatic nitrogens is 1. The largest absolute Gasteiger partial charge is 0.352 e. The van der Waals surface area contributed by atoms with E-state index in [-0.39, 0.29) is 17.5 Å². The van der Waals surface area contributed by atoms with E-state index in [0.29, 0.717) is 18.7 Å². The Balaban J connectivity index is 2.71. The summed E-state index contributed by atoms with van der Waals surface area (Å²) in [6.07, 6.45) is 5.38. The third-order valence-corrected chi connectivity index (χ3v) is 2.90. The minimum absolute atomic E-state index is 0.192. The zero-order chi connectivity index (χ0) is 14.8. The number of pyridine rings is 1. The Morgan fingerprint density at radius 2 is 1.65 bits per heavy atom. The summed E-state index contributed by atoms with van der Waals surface area (Å²) in [5, 5.41) is 5.58. The molecule has 0 saturated heterocycles. The van der Waals surface area contributed by atoms with Gasteiger partial charge in [0.25, 0.3) is 11.8 Å². The number of nitrogens with one attached hydrogen (secondary N) is 2. The molecule has 1 heterocycles. The van der Waals surface area contributed by atoms with Crippen molar-refractivity contribution in [1.29, 1.82) is 0 Å². The average Bonchev–Trinajstić information content (AvgIpc) is 2.47. The van der Waals surface area contributed by atoms with Crippen molar-refractivity contribution in [3.8, 4) is 0 Å². The number of hydrogen-bond acceptors (Lipinski definition) is 3. The molecule has 0 radical (unpaired) electrons. The number of carbonyl (C=O) groups excluding carboxylic acids is 2. The molecule has 5 nitrogen and oxygen atoms in total. The van der Waals surface area contributed by atoms with Gasteiger partial charge in [0.05, 0.1) is 5.56 Å². The average molecular weight is 277 g/mol. The van der Waals surface area contributed by atoms with E-state index in [0.717, 1.165) is 25.7 Å². The van der Waals surface area contributed by atoms with Crippen molar-refractivity contribution in [1.82, 2.24) is 15.6 Å². The molecule has 2 N–H and O–H groups in total. The van der Waals surface area contributed by atoms with E-state index in [9.17, 15) is 9.59 Å². The molecule has 0 saturated carbocycles. The van der Waals surface area contributed by atoms with E-state index in [1.54, 1.807) is 12.1 Å². The lowest BCUT2D eigenvalue weighted by Crippen LogP contribution is -2.31. The van der Waals surface area contributed by atoms with Crippen LogP contribution in [0.1, 0.15) is 60.4 Å². The van der Waals surface area contributed by atoms with E-state index < -0.39 is 0 Å². The van der Waals surface area contributed by atoms with Crippen molar-refractivity contribution in [3.63, 3.8) is 0 Å². The van der Waals surface area contributed by atoms with E-state index >= 15 is 0 Å². The van der Waals surface area contributed by atoms with Crippen LogP contribution in [0.2, 0.25) is 0 Å². The van der Waals surface area contributed by atoms with Crippen molar-refractivity contribution in [2.24, 2.45) is 0 Å². The van der Waals surface area contributed by atoms with Crippen molar-refractivity contribution in [3.05, 3.63) is 29.6 Å². The van der Waals surface area contributed by atoms with Gasteiger partial charge in [-0.05, 0) is 25.0 Å². The van der Waals surface area contributed by atoms with E-state index in [1.165, 1.54) is 6.20 Å². The summed E-state index contributed by atoms with van der Waals surface area (Å²) in [6, 6.07) is 3.29. The van der Waals surface area contributed by atoms with Gasteiger partial charge in [-0.1, -0.05) is 26.7 Å². The van der Waals surface area contributed by atoms with E-state index in [1.807, 2.05) is 0 Å². The Hall–Kier alpha value is -1.91. The summed E-state index contributed by atoms with van der Waals surface area (Å²) in [7, 11) is 0. The lowest BCUT2D eigenvalue weighted by molar-refractivity contribution is 0.0915. The second kappa shape index (κ2) is 9.07. The molecule has 0 aliphatic carbocycles. The van der Waals surface area contributed by atoms with Gasteiger partial charge in [0.1, 0.15) is 5.69 Å². The van der Waals surface area contributed by atoms with Crippen LogP contribution in [-0.4, -0.2) is 29.9 Å². The molecule has 110 valence electrons. The van der Waals surface area contributed by atoms with E-state index in [2.05, 4.69) is 29.5 Å². The van der Waals surface area contributed by atoms with Gasteiger partial charge >= 0.3 is 0 Å². The number of carbonyl (C=O) groups is 2. The molecule has 1 aromatic heterocycles. The fourth-order valence-corrected chi connectivity index (χ4v) is 1.71. The standard InChI is InChI=1S/C15H23N3O2/c1-3-5-9-17-14(19)12-8-7-11-16-13(12)15(20)18-10-6-4-2/h7-8,11H,3-6,9-10H2,1-2H3,(H,17,19)(H,18,20). The molecule has 0 fully saturated rings. The highest BCUT2D eigenvalue weighted by molar-refractivity contribution is 6.05. The molecule has 0 spiro atoms. The molecule has 1 aromatic rings. The van der Waals surface area contributed by atoms with Crippen LogP contribution in [0.3, 0.4) is 0 Å². The Bertz CT molecular complexity index is 405. The Labute approximate surface area is 120 Å². The molecule has 1 rings (SSSR count). The third-order valence-electron chi connectivity index (χ3n) is 2.90. The molecule has 2 amide bonds. The van der Waals surface area contributed by atoms with Crippen LogP contribution >= 0.6 is 0 Å². The fourth-order valence-electron chi connectivity index (χ4n) is 1.71. The summed E-state index contributed by atoms with van der Waals surface area (Å²) in [4.78, 5) is 28.1. The number of unbranched alkanes of at least 4 members (excludes halogenated alkanes) is 2. The highest BCUT2D eigenvalue weighted by atomic mass is 16.2. The predicted octanol–water partition coefficient (Wildman–Crippen LogP) is 2.14. The summed E-state index contributed by atoms with van der Waals surface area (Å²) in [6.45, 7) is 5.33. The van der Waals surface area contributed by atoms with Crippen LogP contribution in [0.4, 0.5) is 0 Å². The zero-order valence-electron chi connectivity index (χ0n) is 12.2. The van der Waals surface area contributed by atoms with Crippen molar-refractivity contribution < 1.29 is 9.59 Å². The second-order valence-electron chi connectivity index (χ2n) is 4.62. The molecular formula is C15H23N3O2. The summed E-state index contributed by atoms with van der Waals surface area (Å²) >= 11 is 0. The first-order chi connectivity index (χ1) is 9.70. The van der Waals surface area contributed by atoms with Crippen LogP contribution in [-0.2, 0) is 0 Å². The van der Waals surface area contributed by atoms with Gasteiger partial charge in [-0.3, -0.25) is 14.6 Å². The molecule has 0 aromatic carbocycles. The number of rotatable bonds is 8. The molecule has 0 aliphatic rings. The lowest BCUT2D eigenvalue weighted by atomic mass is 10.1. The van der Waals surface area contributed by atoms with Crippen LogP contribution in [0, 0.1) is 0 Å². The maximum Gasteiger partial charge on any atom is 0.270 e. The van der Waals surface area contributed by atoms with Crippen LogP contribution < -0.4 is 10.6 Å². The van der Waals surface area contributed by atoms with Gasteiger partial charge in [-0.15, -0.1) is 0 Å².